The van der Waals surface area contributed by atoms with E-state index in [2.05, 4.69) is 39.5 Å². The van der Waals surface area contributed by atoms with Gasteiger partial charge in [0.2, 0.25) is 5.70 Å². The van der Waals surface area contributed by atoms with E-state index in [0.29, 0.717) is 11.7 Å². The number of hydrogen-bond acceptors (Lipinski definition) is 3. The van der Waals surface area contributed by atoms with Gasteiger partial charge in [0.25, 0.3) is 0 Å². The Morgan fingerprint density at radius 2 is 1.68 bits per heavy atom. The summed E-state index contributed by atoms with van der Waals surface area (Å²) in [6.45, 7) is 24.4. The molecule has 202 valence electrons. The molecule has 0 aromatic rings. The number of rotatable bonds is 3. The van der Waals surface area contributed by atoms with Crippen LogP contribution in [0, 0.1) is 56.8 Å². The molecule has 0 aliphatic heterocycles. The predicted octanol–water partition coefficient (Wildman–Crippen LogP) is 7.60. The Morgan fingerprint density at radius 1 is 1.00 bits per heavy atom. The lowest BCUT2D eigenvalue weighted by molar-refractivity contribution is -0.174. The minimum Gasteiger partial charge on any atom is -0.385 e. The third kappa shape index (κ3) is 3.41. The Morgan fingerprint density at radius 3 is 2.32 bits per heavy atom. The Labute approximate surface area is 224 Å². The van der Waals surface area contributed by atoms with Crippen LogP contribution in [-0.2, 0) is 14.3 Å². The van der Waals surface area contributed by atoms with Crippen molar-refractivity contribution in [3.63, 3.8) is 0 Å². The standard InChI is InChI=1S/C33H47NO3/c1-28(2)12-14-33(16-17-37-9)15-13-32(7)26(21(33)19-28)23(35)18-25-30(5)20-22(34-8)27(36)29(3,4)24(30)10-11-31(25,32)6/h18,20-21,24,26H,10-17,19H2,1-7,9H3/t21-,24-,26-,30-,31+,32+,33+/m0/s1. The van der Waals surface area contributed by atoms with E-state index in [0.717, 1.165) is 45.1 Å². The molecule has 5 aliphatic carbocycles. The van der Waals surface area contributed by atoms with Gasteiger partial charge in [-0.1, -0.05) is 60.1 Å². The van der Waals surface area contributed by atoms with Gasteiger partial charge >= 0.3 is 0 Å². The Balaban J connectivity index is 1.67. The second-order valence-electron chi connectivity index (χ2n) is 15.3. The molecule has 5 aliphatic rings. The van der Waals surface area contributed by atoms with Crippen LogP contribution in [0.25, 0.3) is 4.85 Å². The fourth-order valence-electron chi connectivity index (χ4n) is 10.4. The summed E-state index contributed by atoms with van der Waals surface area (Å²) in [4.78, 5) is 31.4. The average molecular weight is 506 g/mol. The third-order valence-corrected chi connectivity index (χ3v) is 12.8. The van der Waals surface area contributed by atoms with Crippen molar-refractivity contribution in [2.45, 2.75) is 99.8 Å². The maximum absolute atomic E-state index is 14.5. The predicted molar refractivity (Wildman–Crippen MR) is 146 cm³/mol. The zero-order valence-corrected chi connectivity index (χ0v) is 24.4. The van der Waals surface area contributed by atoms with Gasteiger partial charge in [-0.3, -0.25) is 4.79 Å². The molecule has 5 rings (SSSR count). The molecule has 3 saturated carbocycles. The minimum atomic E-state index is -0.610. The van der Waals surface area contributed by atoms with E-state index in [9.17, 15) is 9.59 Å². The maximum Gasteiger partial charge on any atom is 0.226 e. The number of nitrogens with zero attached hydrogens (tertiary/aromatic N) is 1. The van der Waals surface area contributed by atoms with Gasteiger partial charge in [-0.25, -0.2) is 4.85 Å². The van der Waals surface area contributed by atoms with Crippen molar-refractivity contribution in [3.05, 3.63) is 34.8 Å². The zero-order chi connectivity index (χ0) is 27.2. The van der Waals surface area contributed by atoms with Gasteiger partial charge in [-0.05, 0) is 90.9 Å². The number of ketones is 2. The zero-order valence-electron chi connectivity index (χ0n) is 24.4. The van der Waals surface area contributed by atoms with Gasteiger partial charge in [0.05, 0.1) is 6.57 Å². The first-order valence-corrected chi connectivity index (χ1v) is 14.5. The number of allylic oxidation sites excluding steroid dienone is 4. The molecule has 0 radical (unpaired) electrons. The number of Topliss-reactive ketones (excluding diaryl/α,β-unsaturated/α-hetero) is 1. The van der Waals surface area contributed by atoms with E-state index in [1.165, 1.54) is 18.4 Å². The molecule has 3 fully saturated rings. The number of carbonyl (C=O) groups excluding carboxylic acids is 2. The van der Waals surface area contributed by atoms with E-state index in [1.54, 1.807) is 7.11 Å². The van der Waals surface area contributed by atoms with Crippen LogP contribution in [0.2, 0.25) is 0 Å². The highest BCUT2D eigenvalue weighted by Gasteiger charge is 2.69. The first-order valence-electron chi connectivity index (χ1n) is 14.5. The van der Waals surface area contributed by atoms with E-state index in [-0.39, 0.29) is 45.0 Å². The van der Waals surface area contributed by atoms with Crippen LogP contribution in [0.5, 0.6) is 0 Å². The molecular formula is C33H47NO3. The minimum absolute atomic E-state index is 0.0223. The second-order valence-corrected chi connectivity index (χ2v) is 15.3. The Bertz CT molecular complexity index is 1140. The molecule has 0 aromatic heterocycles. The van der Waals surface area contributed by atoms with Crippen LogP contribution in [0.15, 0.2) is 23.4 Å². The monoisotopic (exact) mass is 505 g/mol. The molecule has 0 spiro atoms. The lowest BCUT2D eigenvalue weighted by atomic mass is 9.34. The van der Waals surface area contributed by atoms with Crippen molar-refractivity contribution in [1.82, 2.24) is 0 Å². The van der Waals surface area contributed by atoms with Crippen LogP contribution < -0.4 is 0 Å². The highest BCUT2D eigenvalue weighted by molar-refractivity contribution is 6.03. The summed E-state index contributed by atoms with van der Waals surface area (Å²) < 4.78 is 5.60. The summed E-state index contributed by atoms with van der Waals surface area (Å²) in [6.07, 6.45) is 12.7. The summed E-state index contributed by atoms with van der Waals surface area (Å²) in [7, 11) is 1.80. The first-order chi connectivity index (χ1) is 17.1. The van der Waals surface area contributed by atoms with E-state index in [4.69, 9.17) is 11.3 Å². The smallest absolute Gasteiger partial charge is 0.226 e. The Hall–Kier alpha value is -1.73. The van der Waals surface area contributed by atoms with Crippen molar-refractivity contribution < 1.29 is 14.3 Å². The van der Waals surface area contributed by atoms with Gasteiger partial charge in [-0.2, -0.15) is 0 Å². The number of ether oxygens (including phenoxy) is 1. The van der Waals surface area contributed by atoms with E-state index in [1.807, 2.05) is 26.0 Å². The molecule has 37 heavy (non-hydrogen) atoms. The number of fused-ring (bicyclic) bond motifs is 7. The molecule has 0 N–H and O–H groups in total. The van der Waals surface area contributed by atoms with Crippen molar-refractivity contribution in [2.24, 2.45) is 50.2 Å². The van der Waals surface area contributed by atoms with Gasteiger partial charge in [0.1, 0.15) is 0 Å². The van der Waals surface area contributed by atoms with Crippen LogP contribution in [0.1, 0.15) is 99.8 Å². The second kappa shape index (κ2) is 8.14. The van der Waals surface area contributed by atoms with Crippen molar-refractivity contribution in [2.75, 3.05) is 13.7 Å². The summed E-state index contributed by atoms with van der Waals surface area (Å²) in [5.74, 6) is 0.757. The summed E-state index contributed by atoms with van der Waals surface area (Å²) in [5.41, 5.74) is 0.554. The lowest BCUT2D eigenvalue weighted by Crippen LogP contribution is -2.64. The first kappa shape index (κ1) is 26.9. The van der Waals surface area contributed by atoms with Crippen molar-refractivity contribution in [3.8, 4) is 0 Å². The number of hydrogen-bond donors (Lipinski definition) is 0. The Kier molecular flexibility index (Phi) is 5.91. The highest BCUT2D eigenvalue weighted by Crippen LogP contribution is 2.74. The van der Waals surface area contributed by atoms with Gasteiger partial charge in [0, 0.05) is 30.5 Å². The summed E-state index contributed by atoms with van der Waals surface area (Å²) in [6, 6.07) is 0. The van der Waals surface area contributed by atoms with Crippen molar-refractivity contribution >= 4 is 11.6 Å². The largest absolute Gasteiger partial charge is 0.385 e. The maximum atomic E-state index is 14.5. The molecule has 0 unspecified atom stereocenters. The van der Waals surface area contributed by atoms with E-state index < -0.39 is 10.8 Å². The number of methoxy groups -OCH3 is 1. The average Bonchev–Trinajstić information content (AvgIpc) is 2.82. The van der Waals surface area contributed by atoms with Crippen LogP contribution in [0.3, 0.4) is 0 Å². The third-order valence-electron chi connectivity index (χ3n) is 12.8. The molecule has 0 heterocycles. The van der Waals surface area contributed by atoms with Crippen molar-refractivity contribution in [1.29, 1.82) is 0 Å². The fraction of sp³-hybridized carbons (Fsp3) is 0.788. The molecule has 4 heteroatoms. The molecular weight excluding hydrogens is 458 g/mol. The highest BCUT2D eigenvalue weighted by atomic mass is 16.5. The quantitative estimate of drug-likeness (QED) is 0.371. The molecule has 0 saturated heterocycles. The molecule has 0 aromatic carbocycles. The summed E-state index contributed by atoms with van der Waals surface area (Å²) in [5, 5.41) is 0. The van der Waals surface area contributed by atoms with Crippen LogP contribution >= 0.6 is 0 Å². The molecule has 7 atom stereocenters. The normalized spacial score (nSPS) is 45.9. The van der Waals surface area contributed by atoms with Crippen LogP contribution in [-0.4, -0.2) is 25.3 Å². The number of carbonyl (C=O) groups is 2. The SMILES string of the molecule is [C-]#[N+]C1=C[C@]2(C)C3=CC(=O)[C@@H]4[C@@H]5CC(C)(C)CC[C@]5(CCOC)CC[C@@]4(C)[C@]3(C)CC[C@H]2C(C)(C)C1=O. The molecule has 0 bridgehead atoms. The van der Waals surface area contributed by atoms with Crippen LogP contribution in [0.4, 0.5) is 0 Å². The van der Waals surface area contributed by atoms with E-state index >= 15 is 0 Å². The molecule has 4 nitrogen and oxygen atoms in total. The molecule has 0 amide bonds. The fourth-order valence-corrected chi connectivity index (χ4v) is 10.4. The van der Waals surface area contributed by atoms with Gasteiger partial charge < -0.3 is 9.53 Å². The lowest BCUT2D eigenvalue weighted by Gasteiger charge is -2.69. The van der Waals surface area contributed by atoms with Gasteiger partial charge in [-0.15, -0.1) is 0 Å². The summed E-state index contributed by atoms with van der Waals surface area (Å²) >= 11 is 0. The topological polar surface area (TPSA) is 47.7 Å². The van der Waals surface area contributed by atoms with Gasteiger partial charge in [0.15, 0.2) is 11.6 Å².